The van der Waals surface area contributed by atoms with Crippen LogP contribution in [0.25, 0.3) is 10.9 Å². The molecule has 0 amide bonds. The van der Waals surface area contributed by atoms with Gasteiger partial charge in [0.2, 0.25) is 0 Å². The van der Waals surface area contributed by atoms with Crippen molar-refractivity contribution >= 4 is 22.4 Å². The zero-order valence-electron chi connectivity index (χ0n) is 15.2. The molecule has 0 aliphatic carbocycles. The summed E-state index contributed by atoms with van der Waals surface area (Å²) in [5.41, 5.74) is 2.04. The summed E-state index contributed by atoms with van der Waals surface area (Å²) in [5, 5.41) is 1.05. The maximum atomic E-state index is 5.79. The third kappa shape index (κ3) is 4.08. The van der Waals surface area contributed by atoms with Crippen LogP contribution in [-0.2, 0) is 0 Å². The summed E-state index contributed by atoms with van der Waals surface area (Å²) in [6, 6.07) is 16.3. The summed E-state index contributed by atoms with van der Waals surface area (Å²) in [4.78, 5) is 11.3. The van der Waals surface area contributed by atoms with Crippen LogP contribution in [0.15, 0.2) is 48.5 Å². The molecule has 0 aliphatic heterocycles. The molecule has 0 unspecified atom stereocenters. The Morgan fingerprint density at radius 1 is 0.960 bits per heavy atom. The van der Waals surface area contributed by atoms with Crippen molar-refractivity contribution < 1.29 is 4.74 Å². The van der Waals surface area contributed by atoms with Crippen LogP contribution in [0, 0.1) is 6.92 Å². The molecule has 4 nitrogen and oxygen atoms in total. The number of unbranched alkanes of at least 4 members (excludes halogenated alkanes) is 2. The van der Waals surface area contributed by atoms with Crippen molar-refractivity contribution in [2.24, 2.45) is 0 Å². The highest BCUT2D eigenvalue weighted by Crippen LogP contribution is 2.29. The summed E-state index contributed by atoms with van der Waals surface area (Å²) in [5.74, 6) is 2.60. The summed E-state index contributed by atoms with van der Waals surface area (Å²) < 4.78 is 5.79. The molecule has 0 radical (unpaired) electrons. The van der Waals surface area contributed by atoms with Crippen molar-refractivity contribution in [1.82, 2.24) is 9.97 Å². The van der Waals surface area contributed by atoms with E-state index in [-0.39, 0.29) is 0 Å². The molecule has 3 aromatic rings. The molecule has 0 N–H and O–H groups in total. The fourth-order valence-electron chi connectivity index (χ4n) is 2.86. The van der Waals surface area contributed by atoms with Crippen LogP contribution >= 0.6 is 0 Å². The van der Waals surface area contributed by atoms with Gasteiger partial charge in [-0.2, -0.15) is 0 Å². The van der Waals surface area contributed by atoms with E-state index in [0.29, 0.717) is 0 Å². The lowest BCUT2D eigenvalue weighted by atomic mass is 10.2. The highest BCUT2D eigenvalue weighted by atomic mass is 16.5. The van der Waals surface area contributed by atoms with Crippen LogP contribution in [-0.4, -0.2) is 23.6 Å². The lowest BCUT2D eigenvalue weighted by Crippen LogP contribution is -2.13. The molecule has 0 bridgehead atoms. The zero-order valence-corrected chi connectivity index (χ0v) is 15.2. The van der Waals surface area contributed by atoms with Crippen molar-refractivity contribution in [3.63, 3.8) is 0 Å². The van der Waals surface area contributed by atoms with Crippen LogP contribution in [0.5, 0.6) is 5.75 Å². The van der Waals surface area contributed by atoms with Crippen molar-refractivity contribution in [2.75, 3.05) is 18.6 Å². The molecular formula is C21H25N3O. The molecule has 0 fully saturated rings. The number of aromatic nitrogens is 2. The second kappa shape index (κ2) is 7.97. The van der Waals surface area contributed by atoms with Crippen molar-refractivity contribution in [2.45, 2.75) is 33.1 Å². The van der Waals surface area contributed by atoms with Gasteiger partial charge in [0, 0.05) is 18.1 Å². The smallest absolute Gasteiger partial charge is 0.144 e. The highest BCUT2D eigenvalue weighted by molar-refractivity contribution is 5.91. The minimum Gasteiger partial charge on any atom is -0.494 e. The number of hydrogen-bond donors (Lipinski definition) is 0. The summed E-state index contributed by atoms with van der Waals surface area (Å²) in [6.45, 7) is 4.90. The number of para-hydroxylation sites is 1. The highest BCUT2D eigenvalue weighted by Gasteiger charge is 2.11. The molecule has 4 heteroatoms. The Labute approximate surface area is 149 Å². The van der Waals surface area contributed by atoms with E-state index in [2.05, 4.69) is 40.0 Å². The maximum absolute atomic E-state index is 5.79. The lowest BCUT2D eigenvalue weighted by molar-refractivity contribution is 0.306. The van der Waals surface area contributed by atoms with Crippen LogP contribution in [0.4, 0.5) is 11.5 Å². The number of benzene rings is 2. The number of aryl methyl sites for hydroxylation is 1. The van der Waals surface area contributed by atoms with Crippen molar-refractivity contribution in [1.29, 1.82) is 0 Å². The molecule has 1 heterocycles. The van der Waals surface area contributed by atoms with Gasteiger partial charge < -0.3 is 9.64 Å². The number of rotatable bonds is 7. The molecule has 0 aliphatic rings. The first kappa shape index (κ1) is 17.2. The quantitative estimate of drug-likeness (QED) is 0.551. The van der Waals surface area contributed by atoms with Gasteiger partial charge in [-0.15, -0.1) is 0 Å². The van der Waals surface area contributed by atoms with Crippen LogP contribution in [0.1, 0.15) is 32.0 Å². The van der Waals surface area contributed by atoms with Crippen molar-refractivity contribution in [3.05, 3.63) is 54.4 Å². The second-order valence-electron chi connectivity index (χ2n) is 6.22. The molecule has 0 saturated carbocycles. The van der Waals surface area contributed by atoms with Crippen LogP contribution in [0.2, 0.25) is 0 Å². The lowest BCUT2D eigenvalue weighted by Gasteiger charge is -2.20. The molecule has 2 aromatic carbocycles. The Morgan fingerprint density at radius 2 is 1.72 bits per heavy atom. The minimum absolute atomic E-state index is 0.774. The molecule has 0 spiro atoms. The molecule has 0 atom stereocenters. The van der Waals surface area contributed by atoms with Crippen molar-refractivity contribution in [3.8, 4) is 5.75 Å². The molecule has 130 valence electrons. The molecule has 1 aromatic heterocycles. The van der Waals surface area contributed by atoms with Gasteiger partial charge in [0.25, 0.3) is 0 Å². The standard InChI is InChI=1S/C21H25N3O/c1-4-5-8-15-25-18-13-11-17(12-14-18)24(3)21-19-9-6-7-10-20(19)22-16(2)23-21/h6-7,9-14H,4-5,8,15H2,1-3H3. The maximum Gasteiger partial charge on any atom is 0.144 e. The predicted octanol–water partition coefficient (Wildman–Crippen LogP) is 5.28. The van der Waals surface area contributed by atoms with E-state index in [0.717, 1.165) is 47.0 Å². The first-order chi connectivity index (χ1) is 12.2. The minimum atomic E-state index is 0.774. The summed E-state index contributed by atoms with van der Waals surface area (Å²) in [7, 11) is 2.03. The van der Waals surface area contributed by atoms with Gasteiger partial charge in [0.05, 0.1) is 12.1 Å². The van der Waals surface area contributed by atoms with E-state index in [1.807, 2.05) is 44.3 Å². The Hall–Kier alpha value is -2.62. The van der Waals surface area contributed by atoms with E-state index < -0.39 is 0 Å². The Balaban J connectivity index is 1.80. The van der Waals surface area contributed by atoms with Crippen LogP contribution < -0.4 is 9.64 Å². The summed E-state index contributed by atoms with van der Waals surface area (Å²) in [6.07, 6.45) is 3.52. The van der Waals surface area contributed by atoms with Gasteiger partial charge >= 0.3 is 0 Å². The fraction of sp³-hybridized carbons (Fsp3) is 0.333. The van der Waals surface area contributed by atoms with Crippen LogP contribution in [0.3, 0.4) is 0 Å². The average molecular weight is 335 g/mol. The fourth-order valence-corrected chi connectivity index (χ4v) is 2.86. The van der Waals surface area contributed by atoms with Gasteiger partial charge in [-0.1, -0.05) is 31.9 Å². The molecule has 0 saturated heterocycles. The Bertz CT molecular complexity index is 830. The van der Waals surface area contributed by atoms with E-state index in [9.17, 15) is 0 Å². The number of hydrogen-bond acceptors (Lipinski definition) is 4. The van der Waals surface area contributed by atoms with E-state index in [1.165, 1.54) is 12.8 Å². The third-order valence-electron chi connectivity index (χ3n) is 4.25. The number of anilines is 2. The summed E-state index contributed by atoms with van der Waals surface area (Å²) >= 11 is 0. The van der Waals surface area contributed by atoms with Gasteiger partial charge in [-0.25, -0.2) is 9.97 Å². The topological polar surface area (TPSA) is 38.2 Å². The van der Waals surface area contributed by atoms with Gasteiger partial charge in [-0.05, 0) is 49.7 Å². The van der Waals surface area contributed by atoms with E-state index in [1.54, 1.807) is 0 Å². The largest absolute Gasteiger partial charge is 0.494 e. The number of fused-ring (bicyclic) bond motifs is 1. The molecule has 3 rings (SSSR count). The Morgan fingerprint density at radius 3 is 2.48 bits per heavy atom. The van der Waals surface area contributed by atoms with E-state index in [4.69, 9.17) is 4.74 Å². The van der Waals surface area contributed by atoms with Gasteiger partial charge in [-0.3, -0.25) is 0 Å². The second-order valence-corrected chi connectivity index (χ2v) is 6.22. The first-order valence-corrected chi connectivity index (χ1v) is 8.89. The van der Waals surface area contributed by atoms with Gasteiger partial charge in [0.1, 0.15) is 17.4 Å². The predicted molar refractivity (Wildman–Crippen MR) is 104 cm³/mol. The number of nitrogens with zero attached hydrogens (tertiary/aromatic N) is 3. The third-order valence-corrected chi connectivity index (χ3v) is 4.25. The monoisotopic (exact) mass is 335 g/mol. The first-order valence-electron chi connectivity index (χ1n) is 8.89. The number of ether oxygens (including phenoxy) is 1. The normalized spacial score (nSPS) is 10.8. The SMILES string of the molecule is CCCCCOc1ccc(N(C)c2nc(C)nc3ccccc23)cc1. The molecular weight excluding hydrogens is 310 g/mol. The molecule has 25 heavy (non-hydrogen) atoms. The van der Waals surface area contributed by atoms with Gasteiger partial charge in [0.15, 0.2) is 0 Å². The zero-order chi connectivity index (χ0) is 17.6. The van der Waals surface area contributed by atoms with E-state index >= 15 is 0 Å². The average Bonchev–Trinajstić information content (AvgIpc) is 2.64. The Kier molecular flexibility index (Phi) is 5.49.